The quantitative estimate of drug-likeness (QED) is 0.578. The monoisotopic (exact) mass is 225 g/mol. The van der Waals surface area contributed by atoms with Gasteiger partial charge in [-0.05, 0) is 12.1 Å². The van der Waals surface area contributed by atoms with E-state index in [1.54, 1.807) is 24.3 Å². The van der Waals surface area contributed by atoms with Crippen molar-refractivity contribution in [2.75, 3.05) is 12.5 Å². The number of halogens is 1. The van der Waals surface area contributed by atoms with Gasteiger partial charge in [-0.15, -0.1) is 16.7 Å². The van der Waals surface area contributed by atoms with Crippen LogP contribution in [0.4, 0.5) is 0 Å². The van der Waals surface area contributed by atoms with Gasteiger partial charge < -0.3 is 0 Å². The fraction of sp³-hybridized carbons (Fsp3) is 0.200. The van der Waals surface area contributed by atoms with Crippen LogP contribution in [0.2, 0.25) is 0 Å². The summed E-state index contributed by atoms with van der Waals surface area (Å²) in [5, 5.41) is 0.757. The van der Waals surface area contributed by atoms with Gasteiger partial charge in [0, 0.05) is 5.88 Å². The maximum atomic E-state index is 11.7. The van der Waals surface area contributed by atoms with Gasteiger partial charge in [0.15, 0.2) is 0 Å². The van der Waals surface area contributed by atoms with Gasteiger partial charge in [-0.1, -0.05) is 12.1 Å². The molecular formula is C10H8ClNO3. The molecule has 1 aliphatic heterocycles. The highest BCUT2D eigenvalue weighted by molar-refractivity contribution is 6.20. The molecule has 1 heterocycles. The summed E-state index contributed by atoms with van der Waals surface area (Å²) in [5.74, 6) is -0.630. The maximum absolute atomic E-state index is 11.7. The minimum Gasteiger partial charge on any atom is -0.266 e. The Hall–Kier alpha value is -1.39. The first-order valence-electron chi connectivity index (χ1n) is 4.42. The summed E-state index contributed by atoms with van der Waals surface area (Å²) in [6.45, 7) is 0.132. The molecule has 0 spiro atoms. The van der Waals surface area contributed by atoms with E-state index < -0.39 is 11.8 Å². The van der Waals surface area contributed by atoms with E-state index in [0.717, 1.165) is 5.06 Å². The zero-order valence-electron chi connectivity index (χ0n) is 7.77. The first-order valence-corrected chi connectivity index (χ1v) is 4.96. The van der Waals surface area contributed by atoms with Crippen molar-refractivity contribution in [1.29, 1.82) is 0 Å². The number of hydroxylamine groups is 2. The molecule has 0 N–H and O–H groups in total. The Balaban J connectivity index is 2.29. The molecule has 2 amide bonds. The van der Waals surface area contributed by atoms with E-state index in [0.29, 0.717) is 11.1 Å². The summed E-state index contributed by atoms with van der Waals surface area (Å²) in [6, 6.07) is 6.60. The van der Waals surface area contributed by atoms with E-state index in [4.69, 9.17) is 16.4 Å². The molecule has 1 aliphatic rings. The Morgan fingerprint density at radius 2 is 1.67 bits per heavy atom. The van der Waals surface area contributed by atoms with E-state index in [2.05, 4.69) is 0 Å². The van der Waals surface area contributed by atoms with Crippen LogP contribution in [-0.2, 0) is 4.84 Å². The number of benzene rings is 1. The summed E-state index contributed by atoms with van der Waals surface area (Å²) in [6.07, 6.45) is 0. The number of hydrogen-bond donors (Lipinski definition) is 0. The van der Waals surface area contributed by atoms with Crippen molar-refractivity contribution in [3.05, 3.63) is 35.4 Å². The third-order valence-electron chi connectivity index (χ3n) is 2.05. The Labute approximate surface area is 91.3 Å². The maximum Gasteiger partial charge on any atom is 0.285 e. The Morgan fingerprint density at radius 1 is 1.13 bits per heavy atom. The molecule has 1 aromatic carbocycles. The number of fused-ring (bicyclic) bond motifs is 1. The number of amides is 2. The lowest BCUT2D eigenvalue weighted by molar-refractivity contribution is -0.0855. The van der Waals surface area contributed by atoms with Gasteiger partial charge in [0.05, 0.1) is 17.7 Å². The first kappa shape index (κ1) is 10.1. The van der Waals surface area contributed by atoms with Gasteiger partial charge in [-0.25, -0.2) is 0 Å². The van der Waals surface area contributed by atoms with Crippen molar-refractivity contribution < 1.29 is 14.4 Å². The third kappa shape index (κ3) is 1.62. The van der Waals surface area contributed by atoms with Crippen LogP contribution in [0.25, 0.3) is 0 Å². The molecule has 5 heteroatoms. The van der Waals surface area contributed by atoms with Crippen molar-refractivity contribution in [2.24, 2.45) is 0 Å². The normalized spacial score (nSPS) is 14.6. The first-order chi connectivity index (χ1) is 7.25. The third-order valence-corrected chi connectivity index (χ3v) is 2.21. The van der Waals surface area contributed by atoms with Crippen LogP contribution < -0.4 is 0 Å². The van der Waals surface area contributed by atoms with Crippen molar-refractivity contribution in [3.8, 4) is 0 Å². The lowest BCUT2D eigenvalue weighted by Gasteiger charge is -2.11. The molecular weight excluding hydrogens is 218 g/mol. The molecule has 1 aromatic rings. The molecule has 0 aromatic heterocycles. The fourth-order valence-electron chi connectivity index (χ4n) is 1.41. The van der Waals surface area contributed by atoms with Crippen molar-refractivity contribution in [1.82, 2.24) is 5.06 Å². The molecule has 15 heavy (non-hydrogen) atoms. The van der Waals surface area contributed by atoms with E-state index in [-0.39, 0.29) is 12.5 Å². The number of rotatable bonds is 3. The van der Waals surface area contributed by atoms with Crippen LogP contribution in [-0.4, -0.2) is 29.4 Å². The Morgan fingerprint density at radius 3 is 2.13 bits per heavy atom. The lowest BCUT2D eigenvalue weighted by atomic mass is 10.1. The Bertz CT molecular complexity index is 384. The minimum absolute atomic E-state index is 0.132. The summed E-state index contributed by atoms with van der Waals surface area (Å²) in [5.41, 5.74) is 0.745. The lowest BCUT2D eigenvalue weighted by Crippen LogP contribution is -2.30. The predicted octanol–water partition coefficient (Wildman–Crippen LogP) is 1.45. The van der Waals surface area contributed by atoms with E-state index >= 15 is 0 Å². The van der Waals surface area contributed by atoms with Crippen LogP contribution in [0.3, 0.4) is 0 Å². The summed E-state index contributed by atoms with van der Waals surface area (Å²) in [7, 11) is 0. The van der Waals surface area contributed by atoms with Crippen LogP contribution in [0, 0.1) is 0 Å². The topological polar surface area (TPSA) is 46.6 Å². The second kappa shape index (κ2) is 4.00. The van der Waals surface area contributed by atoms with Crippen molar-refractivity contribution in [2.45, 2.75) is 0 Å². The van der Waals surface area contributed by atoms with Crippen LogP contribution in [0.5, 0.6) is 0 Å². The molecule has 0 fully saturated rings. The summed E-state index contributed by atoms with van der Waals surface area (Å²) >= 11 is 5.41. The van der Waals surface area contributed by atoms with Crippen LogP contribution >= 0.6 is 11.6 Å². The molecule has 0 bridgehead atoms. The van der Waals surface area contributed by atoms with E-state index in [9.17, 15) is 9.59 Å². The van der Waals surface area contributed by atoms with Crippen molar-refractivity contribution in [3.63, 3.8) is 0 Å². The molecule has 0 atom stereocenters. The molecule has 0 radical (unpaired) electrons. The average Bonchev–Trinajstić information content (AvgIpc) is 2.51. The number of alkyl halides is 1. The molecule has 78 valence electrons. The average molecular weight is 226 g/mol. The Kier molecular flexibility index (Phi) is 2.70. The van der Waals surface area contributed by atoms with Gasteiger partial charge in [0.1, 0.15) is 0 Å². The van der Waals surface area contributed by atoms with Crippen molar-refractivity contribution >= 4 is 23.4 Å². The van der Waals surface area contributed by atoms with Gasteiger partial charge in [0.2, 0.25) is 0 Å². The standard InChI is InChI=1S/C10H8ClNO3/c11-5-6-15-12-9(13)7-3-1-2-4-8(7)10(12)14/h1-4H,5-6H2. The minimum atomic E-state index is -0.430. The molecule has 4 nitrogen and oxygen atoms in total. The fourth-order valence-corrected chi connectivity index (χ4v) is 1.48. The predicted molar refractivity (Wildman–Crippen MR) is 53.6 cm³/mol. The highest BCUT2D eigenvalue weighted by Gasteiger charge is 2.36. The molecule has 2 rings (SSSR count). The van der Waals surface area contributed by atoms with E-state index in [1.807, 2.05) is 0 Å². The number of hydrogen-bond acceptors (Lipinski definition) is 3. The number of carbonyl (C=O) groups excluding carboxylic acids is 2. The van der Waals surface area contributed by atoms with Gasteiger partial charge in [-0.3, -0.25) is 14.4 Å². The summed E-state index contributed by atoms with van der Waals surface area (Å²) in [4.78, 5) is 28.3. The highest BCUT2D eigenvalue weighted by Crippen LogP contribution is 2.22. The summed E-state index contributed by atoms with van der Waals surface area (Å²) < 4.78 is 0. The zero-order valence-corrected chi connectivity index (χ0v) is 8.53. The number of imide groups is 1. The molecule has 0 saturated carbocycles. The zero-order chi connectivity index (χ0) is 10.8. The number of nitrogens with zero attached hydrogens (tertiary/aromatic N) is 1. The van der Waals surface area contributed by atoms with E-state index in [1.165, 1.54) is 0 Å². The number of carbonyl (C=O) groups is 2. The van der Waals surface area contributed by atoms with Gasteiger partial charge >= 0.3 is 0 Å². The van der Waals surface area contributed by atoms with Crippen LogP contribution in [0.15, 0.2) is 24.3 Å². The smallest absolute Gasteiger partial charge is 0.266 e. The molecule has 0 saturated heterocycles. The van der Waals surface area contributed by atoms with Gasteiger partial charge in [0.25, 0.3) is 11.8 Å². The molecule has 0 unspecified atom stereocenters. The van der Waals surface area contributed by atoms with Crippen LogP contribution in [0.1, 0.15) is 20.7 Å². The molecule has 0 aliphatic carbocycles. The second-order valence-corrected chi connectivity index (χ2v) is 3.35. The highest BCUT2D eigenvalue weighted by atomic mass is 35.5. The van der Waals surface area contributed by atoms with Gasteiger partial charge in [-0.2, -0.15) is 0 Å². The second-order valence-electron chi connectivity index (χ2n) is 2.97. The largest absolute Gasteiger partial charge is 0.285 e. The SMILES string of the molecule is O=C1c2ccccc2C(=O)N1OCCCl.